The van der Waals surface area contributed by atoms with Gasteiger partial charge in [-0.25, -0.2) is 0 Å². The van der Waals surface area contributed by atoms with Gasteiger partial charge in [-0.2, -0.15) is 13.2 Å². The SMILES string of the molecule is Cl.O=C(C1CNC1)N1CCN(c2cccc(C(F)(F)F)c2)CC1. The number of nitrogens with one attached hydrogen (secondary N) is 1. The van der Waals surface area contributed by atoms with E-state index >= 15 is 0 Å². The van der Waals surface area contributed by atoms with E-state index in [0.717, 1.165) is 19.2 Å². The standard InChI is InChI=1S/C15H18F3N3O.ClH/c16-15(17,18)12-2-1-3-13(8-12)20-4-6-21(7-5-20)14(22)11-9-19-10-11;/h1-3,8,11,19H,4-7,9-10H2;1H. The Morgan fingerprint density at radius 1 is 1.13 bits per heavy atom. The van der Waals surface area contributed by atoms with Crippen molar-refractivity contribution in [1.82, 2.24) is 10.2 Å². The number of hydrogen-bond acceptors (Lipinski definition) is 3. The molecule has 128 valence electrons. The number of nitrogens with zero attached hydrogens (tertiary/aromatic N) is 2. The predicted octanol–water partition coefficient (Wildman–Crippen LogP) is 2.00. The first-order chi connectivity index (χ1) is 10.4. The molecule has 0 spiro atoms. The van der Waals surface area contributed by atoms with Crippen molar-refractivity contribution in [2.45, 2.75) is 6.18 Å². The largest absolute Gasteiger partial charge is 0.416 e. The zero-order valence-corrected chi connectivity index (χ0v) is 13.3. The summed E-state index contributed by atoms with van der Waals surface area (Å²) in [5, 5.41) is 3.07. The molecule has 23 heavy (non-hydrogen) atoms. The highest BCUT2D eigenvalue weighted by molar-refractivity contribution is 5.85. The number of rotatable bonds is 2. The van der Waals surface area contributed by atoms with Gasteiger partial charge >= 0.3 is 6.18 Å². The van der Waals surface area contributed by atoms with Gasteiger partial charge in [0, 0.05) is 45.0 Å². The second-order valence-corrected chi connectivity index (χ2v) is 5.72. The molecule has 0 atom stereocenters. The molecule has 1 amide bonds. The van der Waals surface area contributed by atoms with E-state index in [1.54, 1.807) is 6.07 Å². The van der Waals surface area contributed by atoms with Gasteiger partial charge in [0.25, 0.3) is 0 Å². The van der Waals surface area contributed by atoms with Crippen molar-refractivity contribution in [1.29, 1.82) is 0 Å². The summed E-state index contributed by atoms with van der Waals surface area (Å²) >= 11 is 0. The summed E-state index contributed by atoms with van der Waals surface area (Å²) in [7, 11) is 0. The Morgan fingerprint density at radius 3 is 2.30 bits per heavy atom. The molecular weight excluding hydrogens is 331 g/mol. The topological polar surface area (TPSA) is 35.6 Å². The Kier molecular flexibility index (Phi) is 5.41. The van der Waals surface area contributed by atoms with Crippen LogP contribution in [-0.2, 0) is 11.0 Å². The van der Waals surface area contributed by atoms with Gasteiger partial charge in [0.2, 0.25) is 5.91 Å². The summed E-state index contributed by atoms with van der Waals surface area (Å²) in [6.07, 6.45) is -4.33. The van der Waals surface area contributed by atoms with Crippen LogP contribution in [0, 0.1) is 5.92 Å². The number of carbonyl (C=O) groups is 1. The van der Waals surface area contributed by atoms with E-state index in [-0.39, 0.29) is 24.2 Å². The van der Waals surface area contributed by atoms with Gasteiger partial charge in [0.1, 0.15) is 0 Å². The zero-order chi connectivity index (χ0) is 15.7. The highest BCUT2D eigenvalue weighted by Crippen LogP contribution is 2.31. The van der Waals surface area contributed by atoms with Gasteiger partial charge in [-0.3, -0.25) is 4.79 Å². The van der Waals surface area contributed by atoms with Crippen LogP contribution >= 0.6 is 12.4 Å². The van der Waals surface area contributed by atoms with Crippen LogP contribution in [0.15, 0.2) is 24.3 Å². The van der Waals surface area contributed by atoms with Crippen molar-refractivity contribution in [2.75, 3.05) is 44.2 Å². The number of piperazine rings is 1. The number of anilines is 1. The molecule has 1 N–H and O–H groups in total. The molecule has 8 heteroatoms. The molecule has 0 radical (unpaired) electrons. The minimum atomic E-state index is -4.33. The molecular formula is C15H19ClF3N3O. The van der Waals surface area contributed by atoms with E-state index in [1.807, 2.05) is 9.80 Å². The van der Waals surface area contributed by atoms with Gasteiger partial charge in [-0.05, 0) is 18.2 Å². The van der Waals surface area contributed by atoms with E-state index in [9.17, 15) is 18.0 Å². The third-order valence-electron chi connectivity index (χ3n) is 4.26. The van der Waals surface area contributed by atoms with Crippen molar-refractivity contribution in [3.8, 4) is 0 Å². The Morgan fingerprint density at radius 2 is 1.78 bits per heavy atom. The van der Waals surface area contributed by atoms with Crippen molar-refractivity contribution >= 4 is 24.0 Å². The van der Waals surface area contributed by atoms with Crippen LogP contribution in [0.5, 0.6) is 0 Å². The quantitative estimate of drug-likeness (QED) is 0.887. The number of carbonyl (C=O) groups excluding carboxylic acids is 1. The maximum Gasteiger partial charge on any atom is 0.416 e. The van der Waals surface area contributed by atoms with Crippen molar-refractivity contribution in [3.63, 3.8) is 0 Å². The maximum atomic E-state index is 12.8. The number of hydrogen-bond donors (Lipinski definition) is 1. The Bertz CT molecular complexity index is 555. The molecule has 2 aliphatic heterocycles. The molecule has 0 bridgehead atoms. The summed E-state index contributed by atoms with van der Waals surface area (Å²) in [4.78, 5) is 15.8. The lowest BCUT2D eigenvalue weighted by molar-refractivity contribution is -0.138. The monoisotopic (exact) mass is 349 g/mol. The molecule has 2 fully saturated rings. The Labute approximate surface area is 139 Å². The normalized spacial score (nSPS) is 19.1. The lowest BCUT2D eigenvalue weighted by Gasteiger charge is -2.39. The third kappa shape index (κ3) is 3.90. The number of benzene rings is 1. The van der Waals surface area contributed by atoms with Gasteiger partial charge in [-0.1, -0.05) is 6.07 Å². The molecule has 2 saturated heterocycles. The fraction of sp³-hybridized carbons (Fsp3) is 0.533. The molecule has 4 nitrogen and oxygen atoms in total. The first kappa shape index (κ1) is 17.9. The van der Waals surface area contributed by atoms with Crippen LogP contribution in [-0.4, -0.2) is 50.1 Å². The summed E-state index contributed by atoms with van der Waals surface area (Å²) in [5.41, 5.74) is -0.0729. The van der Waals surface area contributed by atoms with Crippen LogP contribution in [0.3, 0.4) is 0 Å². The second-order valence-electron chi connectivity index (χ2n) is 5.72. The molecule has 0 saturated carbocycles. The number of amides is 1. The van der Waals surface area contributed by atoms with Crippen LogP contribution in [0.2, 0.25) is 0 Å². The summed E-state index contributed by atoms with van der Waals surface area (Å²) < 4.78 is 38.3. The number of halogens is 4. The van der Waals surface area contributed by atoms with E-state index in [4.69, 9.17) is 0 Å². The third-order valence-corrected chi connectivity index (χ3v) is 4.26. The minimum Gasteiger partial charge on any atom is -0.368 e. The maximum absolute atomic E-state index is 12.8. The Hall–Kier alpha value is -1.47. The Balaban J connectivity index is 0.00000192. The van der Waals surface area contributed by atoms with Crippen molar-refractivity contribution in [3.05, 3.63) is 29.8 Å². The van der Waals surface area contributed by atoms with Gasteiger partial charge < -0.3 is 15.1 Å². The molecule has 2 aliphatic rings. The molecule has 2 heterocycles. The zero-order valence-electron chi connectivity index (χ0n) is 12.5. The molecule has 0 aromatic heterocycles. The van der Waals surface area contributed by atoms with Gasteiger partial charge in [0.15, 0.2) is 0 Å². The van der Waals surface area contributed by atoms with Crippen LogP contribution in [0.1, 0.15) is 5.56 Å². The second kappa shape index (κ2) is 6.97. The smallest absolute Gasteiger partial charge is 0.368 e. The first-order valence-corrected chi connectivity index (χ1v) is 7.37. The molecule has 3 rings (SSSR count). The number of alkyl halides is 3. The molecule has 1 aromatic carbocycles. The van der Waals surface area contributed by atoms with E-state index < -0.39 is 11.7 Å². The van der Waals surface area contributed by atoms with Crippen LogP contribution < -0.4 is 10.2 Å². The van der Waals surface area contributed by atoms with E-state index in [0.29, 0.717) is 31.9 Å². The highest BCUT2D eigenvalue weighted by Gasteiger charge is 2.33. The van der Waals surface area contributed by atoms with Gasteiger partial charge in [-0.15, -0.1) is 12.4 Å². The molecule has 0 aliphatic carbocycles. The molecule has 1 aromatic rings. The fourth-order valence-electron chi connectivity index (χ4n) is 2.79. The predicted molar refractivity (Wildman–Crippen MR) is 83.8 cm³/mol. The highest BCUT2D eigenvalue weighted by atomic mass is 35.5. The lowest BCUT2D eigenvalue weighted by Crippen LogP contribution is -2.56. The van der Waals surface area contributed by atoms with Crippen molar-refractivity contribution < 1.29 is 18.0 Å². The average molecular weight is 350 g/mol. The van der Waals surface area contributed by atoms with E-state index in [2.05, 4.69) is 5.32 Å². The lowest BCUT2D eigenvalue weighted by atomic mass is 10.0. The summed E-state index contributed by atoms with van der Waals surface area (Å²) in [6, 6.07) is 5.36. The van der Waals surface area contributed by atoms with Gasteiger partial charge in [0.05, 0.1) is 11.5 Å². The first-order valence-electron chi connectivity index (χ1n) is 7.37. The summed E-state index contributed by atoms with van der Waals surface area (Å²) in [5.74, 6) is 0.225. The average Bonchev–Trinajstić information content (AvgIpc) is 2.45. The summed E-state index contributed by atoms with van der Waals surface area (Å²) in [6.45, 7) is 3.71. The van der Waals surface area contributed by atoms with Crippen molar-refractivity contribution in [2.24, 2.45) is 5.92 Å². The van der Waals surface area contributed by atoms with E-state index in [1.165, 1.54) is 12.1 Å². The fourth-order valence-corrected chi connectivity index (χ4v) is 2.79. The molecule has 0 unspecified atom stereocenters. The van der Waals surface area contributed by atoms with Crippen LogP contribution in [0.25, 0.3) is 0 Å². The minimum absolute atomic E-state index is 0. The van der Waals surface area contributed by atoms with Crippen LogP contribution in [0.4, 0.5) is 18.9 Å².